The van der Waals surface area contributed by atoms with Crippen LogP contribution in [0.2, 0.25) is 0 Å². The van der Waals surface area contributed by atoms with Crippen LogP contribution in [0.5, 0.6) is 0 Å². The average Bonchev–Trinajstić information content (AvgIpc) is 3.20. The van der Waals surface area contributed by atoms with Gasteiger partial charge in [-0.2, -0.15) is 0 Å². The molecule has 2 aliphatic carbocycles. The Labute approximate surface area is 184 Å². The van der Waals surface area contributed by atoms with Crippen molar-refractivity contribution in [3.05, 3.63) is 82.6 Å². The van der Waals surface area contributed by atoms with Gasteiger partial charge < -0.3 is 9.32 Å². The third-order valence-electron chi connectivity index (χ3n) is 8.11. The predicted octanol–water partition coefficient (Wildman–Crippen LogP) is 5.08. The summed E-state index contributed by atoms with van der Waals surface area (Å²) in [6.07, 6.45) is 8.65. The molecule has 0 N–H and O–H groups in total. The van der Waals surface area contributed by atoms with Crippen LogP contribution in [0.1, 0.15) is 66.1 Å². The van der Waals surface area contributed by atoms with Crippen LogP contribution >= 0.6 is 0 Å². The standard InChI is InChI=1S/C27H31N3O/c1-19-28-29-26(31-19)27(16-17-30-18-20-10-14-23(30)15-11-20)24-8-4-2-6-21(24)12-13-22-7-3-5-9-25(22)27/h2-9,20,23H,10-18H2,1H3. The van der Waals surface area contributed by atoms with Gasteiger partial charge in [0.1, 0.15) is 5.41 Å². The molecule has 4 heteroatoms. The van der Waals surface area contributed by atoms with Crippen LogP contribution in [0.15, 0.2) is 52.9 Å². The predicted molar refractivity (Wildman–Crippen MR) is 121 cm³/mol. The lowest BCUT2D eigenvalue weighted by molar-refractivity contribution is 0.0445. The number of benzene rings is 2. The van der Waals surface area contributed by atoms with Crippen molar-refractivity contribution < 1.29 is 4.42 Å². The van der Waals surface area contributed by atoms with Crippen molar-refractivity contribution in [3.63, 3.8) is 0 Å². The van der Waals surface area contributed by atoms with E-state index in [9.17, 15) is 0 Å². The zero-order chi connectivity index (χ0) is 20.8. The Kier molecular flexibility index (Phi) is 4.71. The molecule has 1 saturated carbocycles. The van der Waals surface area contributed by atoms with Crippen molar-refractivity contribution in [3.8, 4) is 0 Å². The number of hydrogen-bond donors (Lipinski definition) is 0. The molecular weight excluding hydrogens is 382 g/mol. The van der Waals surface area contributed by atoms with E-state index in [0.717, 1.165) is 43.7 Å². The fourth-order valence-corrected chi connectivity index (χ4v) is 6.56. The van der Waals surface area contributed by atoms with Crippen LogP contribution < -0.4 is 0 Å². The van der Waals surface area contributed by atoms with E-state index >= 15 is 0 Å². The highest BCUT2D eigenvalue weighted by Gasteiger charge is 2.46. The maximum atomic E-state index is 6.26. The van der Waals surface area contributed by atoms with Gasteiger partial charge in [0.2, 0.25) is 11.8 Å². The Balaban J connectivity index is 1.51. The van der Waals surface area contributed by atoms with Gasteiger partial charge in [-0.3, -0.25) is 0 Å². The second-order valence-electron chi connectivity index (χ2n) is 9.77. The maximum Gasteiger partial charge on any atom is 0.231 e. The third kappa shape index (κ3) is 3.15. The summed E-state index contributed by atoms with van der Waals surface area (Å²) in [6, 6.07) is 18.6. The first-order valence-electron chi connectivity index (χ1n) is 12.0. The number of nitrogens with zero attached hydrogens (tertiary/aromatic N) is 3. The van der Waals surface area contributed by atoms with Crippen LogP contribution in [0.3, 0.4) is 0 Å². The van der Waals surface area contributed by atoms with Gasteiger partial charge >= 0.3 is 0 Å². The quantitative estimate of drug-likeness (QED) is 0.598. The third-order valence-corrected chi connectivity index (χ3v) is 8.11. The van der Waals surface area contributed by atoms with Crippen molar-refractivity contribution in [2.45, 2.75) is 63.3 Å². The van der Waals surface area contributed by atoms with Crippen molar-refractivity contribution in [1.82, 2.24) is 15.1 Å². The van der Waals surface area contributed by atoms with Crippen LogP contribution in [0.25, 0.3) is 0 Å². The Morgan fingerprint density at radius 2 is 1.55 bits per heavy atom. The number of aromatic nitrogens is 2. The Morgan fingerprint density at radius 3 is 2.10 bits per heavy atom. The van der Waals surface area contributed by atoms with Crippen LogP contribution in [-0.2, 0) is 18.3 Å². The maximum absolute atomic E-state index is 6.26. The van der Waals surface area contributed by atoms with Gasteiger partial charge in [-0.25, -0.2) is 0 Å². The summed E-state index contributed by atoms with van der Waals surface area (Å²) in [5, 5.41) is 8.94. The molecule has 0 spiro atoms. The van der Waals surface area contributed by atoms with E-state index in [1.165, 1.54) is 54.5 Å². The summed E-state index contributed by atoms with van der Waals surface area (Å²) in [5.74, 6) is 2.29. The summed E-state index contributed by atoms with van der Waals surface area (Å²) < 4.78 is 6.26. The highest BCUT2D eigenvalue weighted by Crippen LogP contribution is 2.47. The van der Waals surface area contributed by atoms with E-state index in [1.807, 2.05) is 6.92 Å². The van der Waals surface area contributed by atoms with Gasteiger partial charge in [-0.15, -0.1) is 10.2 Å². The van der Waals surface area contributed by atoms with Crippen molar-refractivity contribution in [1.29, 1.82) is 0 Å². The molecule has 2 saturated heterocycles. The SMILES string of the molecule is Cc1nnc(C2(CCN3CC4CCC3CC4)c3ccccc3CCc3ccccc32)o1. The minimum Gasteiger partial charge on any atom is -0.424 e. The molecule has 0 radical (unpaired) electrons. The lowest BCUT2D eigenvalue weighted by Crippen LogP contribution is -2.49. The number of rotatable bonds is 4. The van der Waals surface area contributed by atoms with E-state index in [-0.39, 0.29) is 5.41 Å². The minimum atomic E-state index is -0.387. The lowest BCUT2D eigenvalue weighted by atomic mass is 9.69. The summed E-state index contributed by atoms with van der Waals surface area (Å²) in [6.45, 7) is 4.24. The van der Waals surface area contributed by atoms with Crippen LogP contribution in [0, 0.1) is 12.8 Å². The normalized spacial score (nSPS) is 24.4. The van der Waals surface area contributed by atoms with Crippen LogP contribution in [-0.4, -0.2) is 34.2 Å². The molecule has 2 aliphatic heterocycles. The van der Waals surface area contributed by atoms with E-state index in [2.05, 4.69) is 63.6 Å². The van der Waals surface area contributed by atoms with Gasteiger partial charge in [-0.1, -0.05) is 48.5 Å². The summed E-state index contributed by atoms with van der Waals surface area (Å²) in [7, 11) is 0. The monoisotopic (exact) mass is 413 g/mol. The lowest BCUT2D eigenvalue weighted by Gasteiger charge is -2.46. The zero-order valence-electron chi connectivity index (χ0n) is 18.4. The number of piperidine rings is 2. The summed E-state index contributed by atoms with van der Waals surface area (Å²) >= 11 is 0. The second kappa shape index (κ2) is 7.59. The number of aryl methyl sites for hydroxylation is 3. The van der Waals surface area contributed by atoms with E-state index in [0.29, 0.717) is 5.89 Å². The molecule has 3 aromatic rings. The smallest absolute Gasteiger partial charge is 0.231 e. The van der Waals surface area contributed by atoms with Gasteiger partial charge in [0, 0.05) is 26.1 Å². The van der Waals surface area contributed by atoms with E-state index in [4.69, 9.17) is 4.42 Å². The molecule has 4 aliphatic rings. The van der Waals surface area contributed by atoms with Crippen molar-refractivity contribution >= 4 is 0 Å². The molecule has 31 heavy (non-hydrogen) atoms. The fraction of sp³-hybridized carbons (Fsp3) is 0.481. The van der Waals surface area contributed by atoms with Gasteiger partial charge in [0.05, 0.1) is 0 Å². The zero-order valence-corrected chi connectivity index (χ0v) is 18.4. The molecule has 3 fully saturated rings. The molecule has 1 aromatic heterocycles. The fourth-order valence-electron chi connectivity index (χ4n) is 6.56. The molecule has 0 amide bonds. The Morgan fingerprint density at radius 1 is 0.903 bits per heavy atom. The van der Waals surface area contributed by atoms with E-state index < -0.39 is 0 Å². The highest BCUT2D eigenvalue weighted by molar-refractivity contribution is 5.54. The molecule has 2 bridgehead atoms. The average molecular weight is 414 g/mol. The van der Waals surface area contributed by atoms with Gasteiger partial charge in [-0.05, 0) is 73.1 Å². The van der Waals surface area contributed by atoms with Crippen LogP contribution in [0.4, 0.5) is 0 Å². The van der Waals surface area contributed by atoms with Crippen molar-refractivity contribution in [2.24, 2.45) is 5.92 Å². The molecule has 160 valence electrons. The Hall–Kier alpha value is -2.46. The first kappa shape index (κ1) is 19.2. The molecule has 3 heterocycles. The van der Waals surface area contributed by atoms with Gasteiger partial charge in [0.25, 0.3) is 0 Å². The molecule has 0 unspecified atom stereocenters. The van der Waals surface area contributed by atoms with Gasteiger partial charge in [0.15, 0.2) is 0 Å². The topological polar surface area (TPSA) is 42.2 Å². The van der Waals surface area contributed by atoms with Crippen molar-refractivity contribution in [2.75, 3.05) is 13.1 Å². The number of fused-ring (bicyclic) bond motifs is 5. The number of hydrogen-bond acceptors (Lipinski definition) is 4. The summed E-state index contributed by atoms with van der Waals surface area (Å²) in [4.78, 5) is 2.76. The van der Waals surface area contributed by atoms with E-state index in [1.54, 1.807) is 0 Å². The largest absolute Gasteiger partial charge is 0.424 e. The Bertz CT molecular complexity index is 1030. The molecule has 7 rings (SSSR count). The second-order valence-corrected chi connectivity index (χ2v) is 9.77. The molecule has 2 aromatic carbocycles. The molecular formula is C27H31N3O. The minimum absolute atomic E-state index is 0.387. The highest BCUT2D eigenvalue weighted by atomic mass is 16.4. The molecule has 0 atom stereocenters. The molecule has 4 nitrogen and oxygen atoms in total. The first-order chi connectivity index (χ1) is 15.2. The first-order valence-corrected chi connectivity index (χ1v) is 12.0. The summed E-state index contributed by atoms with van der Waals surface area (Å²) in [5.41, 5.74) is 5.14.